The molecule has 0 saturated heterocycles. The molecule has 0 unspecified atom stereocenters. The Bertz CT molecular complexity index is 688. The maximum absolute atomic E-state index is 12.4. The van der Waals surface area contributed by atoms with E-state index in [1.165, 1.54) is 7.11 Å². The molecule has 1 heterocycles. The lowest BCUT2D eigenvalue weighted by molar-refractivity contribution is -0.143. The number of nitrogens with one attached hydrogen (secondary N) is 2. The molecular weight excluding hydrogens is 280 g/mol. The van der Waals surface area contributed by atoms with Crippen LogP contribution in [0.2, 0.25) is 0 Å². The predicted octanol–water partition coefficient (Wildman–Crippen LogP) is 2.79. The van der Waals surface area contributed by atoms with Crippen LogP contribution < -0.4 is 5.32 Å². The number of aromatic amines is 1. The van der Waals surface area contributed by atoms with Crippen molar-refractivity contribution in [1.29, 1.82) is 0 Å². The van der Waals surface area contributed by atoms with Gasteiger partial charge >= 0.3 is 5.97 Å². The van der Waals surface area contributed by atoms with E-state index in [4.69, 9.17) is 4.74 Å². The number of esters is 1. The van der Waals surface area contributed by atoms with Crippen molar-refractivity contribution in [3.8, 4) is 0 Å². The van der Waals surface area contributed by atoms with Crippen molar-refractivity contribution in [2.45, 2.75) is 33.2 Å². The van der Waals surface area contributed by atoms with Crippen molar-refractivity contribution in [1.82, 2.24) is 10.3 Å². The highest BCUT2D eigenvalue weighted by Gasteiger charge is 2.23. The molecule has 0 spiro atoms. The summed E-state index contributed by atoms with van der Waals surface area (Å²) in [5, 5.41) is 3.72. The van der Waals surface area contributed by atoms with Crippen LogP contribution in [0, 0.1) is 12.8 Å². The molecule has 0 saturated carbocycles. The standard InChI is InChI=1S/C17H22N2O3/c1-10(2)7-15(17(21)22-4)19-16(20)14-9-12-8-11(3)5-6-13(12)18-14/h5-6,8-10,15,18H,7H2,1-4H3,(H,19,20)/t15-/m1/s1. The number of H-pyrrole nitrogens is 1. The molecule has 0 fully saturated rings. The summed E-state index contributed by atoms with van der Waals surface area (Å²) in [6.07, 6.45) is 0.539. The molecule has 1 atom stereocenters. The number of aromatic nitrogens is 1. The van der Waals surface area contributed by atoms with Crippen LogP contribution in [0.1, 0.15) is 36.3 Å². The average molecular weight is 302 g/mol. The number of amides is 1. The summed E-state index contributed by atoms with van der Waals surface area (Å²) >= 11 is 0. The first-order valence-corrected chi connectivity index (χ1v) is 7.38. The third kappa shape index (κ3) is 3.67. The Labute approximate surface area is 130 Å². The van der Waals surface area contributed by atoms with E-state index in [1.807, 2.05) is 39.0 Å². The third-order valence-electron chi connectivity index (χ3n) is 3.52. The van der Waals surface area contributed by atoms with Gasteiger partial charge in [0.15, 0.2) is 0 Å². The number of methoxy groups -OCH3 is 1. The zero-order chi connectivity index (χ0) is 16.3. The first-order chi connectivity index (χ1) is 10.4. The average Bonchev–Trinajstić information content (AvgIpc) is 2.88. The van der Waals surface area contributed by atoms with Crippen LogP contribution in [-0.2, 0) is 9.53 Å². The van der Waals surface area contributed by atoms with Gasteiger partial charge < -0.3 is 15.0 Å². The van der Waals surface area contributed by atoms with Gasteiger partial charge in [-0.15, -0.1) is 0 Å². The second kappa shape index (κ2) is 6.64. The highest BCUT2D eigenvalue weighted by atomic mass is 16.5. The predicted molar refractivity (Wildman–Crippen MR) is 85.8 cm³/mol. The molecule has 22 heavy (non-hydrogen) atoms. The van der Waals surface area contributed by atoms with Crippen molar-refractivity contribution >= 4 is 22.8 Å². The highest BCUT2D eigenvalue weighted by molar-refractivity contribution is 5.99. The minimum atomic E-state index is -0.634. The fourth-order valence-electron chi connectivity index (χ4n) is 2.44. The van der Waals surface area contributed by atoms with Gasteiger partial charge in [0.05, 0.1) is 7.11 Å². The summed E-state index contributed by atoms with van der Waals surface area (Å²) < 4.78 is 4.76. The number of aryl methyl sites for hydroxylation is 1. The van der Waals surface area contributed by atoms with Gasteiger partial charge in [0.25, 0.3) is 5.91 Å². The monoisotopic (exact) mass is 302 g/mol. The van der Waals surface area contributed by atoms with Gasteiger partial charge in [0.2, 0.25) is 0 Å². The molecule has 1 aromatic carbocycles. The van der Waals surface area contributed by atoms with Crippen molar-refractivity contribution < 1.29 is 14.3 Å². The molecule has 2 N–H and O–H groups in total. The Balaban J connectivity index is 2.19. The fourth-order valence-corrected chi connectivity index (χ4v) is 2.44. The van der Waals surface area contributed by atoms with Crippen LogP contribution in [0.3, 0.4) is 0 Å². The Morgan fingerprint density at radius 2 is 2.00 bits per heavy atom. The van der Waals surface area contributed by atoms with Gasteiger partial charge in [0.1, 0.15) is 11.7 Å². The molecule has 0 aliphatic heterocycles. The first-order valence-electron chi connectivity index (χ1n) is 7.38. The first kappa shape index (κ1) is 16.1. The van der Waals surface area contributed by atoms with E-state index >= 15 is 0 Å². The highest BCUT2D eigenvalue weighted by Crippen LogP contribution is 2.17. The minimum Gasteiger partial charge on any atom is -0.467 e. The lowest BCUT2D eigenvalue weighted by Gasteiger charge is -2.17. The smallest absolute Gasteiger partial charge is 0.328 e. The van der Waals surface area contributed by atoms with E-state index in [-0.39, 0.29) is 11.8 Å². The van der Waals surface area contributed by atoms with Crippen LogP contribution in [0.4, 0.5) is 0 Å². The van der Waals surface area contributed by atoms with E-state index in [2.05, 4.69) is 10.3 Å². The van der Waals surface area contributed by atoms with Gasteiger partial charge in [0, 0.05) is 10.9 Å². The summed E-state index contributed by atoms with van der Waals surface area (Å²) in [5.74, 6) is -0.450. The maximum Gasteiger partial charge on any atom is 0.328 e. The topological polar surface area (TPSA) is 71.2 Å². The van der Waals surface area contributed by atoms with Gasteiger partial charge in [-0.25, -0.2) is 4.79 Å². The molecule has 0 aliphatic carbocycles. The Hall–Kier alpha value is -2.30. The fraction of sp³-hybridized carbons (Fsp3) is 0.412. The largest absolute Gasteiger partial charge is 0.467 e. The molecule has 1 aromatic heterocycles. The van der Waals surface area contributed by atoms with Crippen LogP contribution >= 0.6 is 0 Å². The van der Waals surface area contributed by atoms with Gasteiger partial charge in [-0.05, 0) is 37.5 Å². The number of fused-ring (bicyclic) bond motifs is 1. The van der Waals surface area contributed by atoms with Crippen molar-refractivity contribution in [3.63, 3.8) is 0 Å². The number of carbonyl (C=O) groups is 2. The Kier molecular flexibility index (Phi) is 4.85. The van der Waals surface area contributed by atoms with E-state index in [9.17, 15) is 9.59 Å². The lowest BCUT2D eigenvalue weighted by atomic mass is 10.0. The van der Waals surface area contributed by atoms with Crippen LogP contribution in [0.15, 0.2) is 24.3 Å². The van der Waals surface area contributed by atoms with E-state index in [0.717, 1.165) is 16.5 Å². The molecule has 2 aromatic rings. The Morgan fingerprint density at radius 1 is 1.27 bits per heavy atom. The van der Waals surface area contributed by atoms with E-state index in [1.54, 1.807) is 6.07 Å². The maximum atomic E-state index is 12.4. The number of hydrogen-bond donors (Lipinski definition) is 2. The van der Waals surface area contributed by atoms with E-state index in [0.29, 0.717) is 12.1 Å². The SMILES string of the molecule is COC(=O)[C@@H](CC(C)C)NC(=O)c1cc2cc(C)ccc2[nH]1. The molecule has 118 valence electrons. The van der Waals surface area contributed by atoms with Crippen molar-refractivity contribution in [3.05, 3.63) is 35.5 Å². The number of hydrogen-bond acceptors (Lipinski definition) is 3. The second-order valence-corrected chi connectivity index (χ2v) is 5.95. The van der Waals surface area contributed by atoms with Crippen LogP contribution in [0.25, 0.3) is 10.9 Å². The van der Waals surface area contributed by atoms with Gasteiger partial charge in [-0.2, -0.15) is 0 Å². The number of rotatable bonds is 5. The molecule has 2 rings (SSSR count). The summed E-state index contributed by atoms with van der Waals surface area (Å²) in [7, 11) is 1.33. The third-order valence-corrected chi connectivity index (χ3v) is 3.52. The summed E-state index contributed by atoms with van der Waals surface area (Å²) in [6.45, 7) is 5.99. The lowest BCUT2D eigenvalue weighted by Crippen LogP contribution is -2.42. The van der Waals surface area contributed by atoms with Gasteiger partial charge in [-0.3, -0.25) is 4.79 Å². The van der Waals surface area contributed by atoms with Crippen LogP contribution in [0.5, 0.6) is 0 Å². The summed E-state index contributed by atoms with van der Waals surface area (Å²) in [6, 6.07) is 7.09. The molecule has 5 nitrogen and oxygen atoms in total. The zero-order valence-corrected chi connectivity index (χ0v) is 13.4. The summed E-state index contributed by atoms with van der Waals surface area (Å²) in [4.78, 5) is 27.2. The van der Waals surface area contributed by atoms with Gasteiger partial charge in [-0.1, -0.05) is 25.5 Å². The normalized spacial score (nSPS) is 12.4. The van der Waals surface area contributed by atoms with E-state index < -0.39 is 12.0 Å². The quantitative estimate of drug-likeness (QED) is 0.834. The zero-order valence-electron chi connectivity index (χ0n) is 13.4. The Morgan fingerprint density at radius 3 is 2.64 bits per heavy atom. The van der Waals surface area contributed by atoms with Crippen molar-refractivity contribution in [2.24, 2.45) is 5.92 Å². The van der Waals surface area contributed by atoms with Crippen molar-refractivity contribution in [2.75, 3.05) is 7.11 Å². The molecular formula is C17H22N2O3. The summed E-state index contributed by atoms with van der Waals surface area (Å²) in [5.41, 5.74) is 2.47. The number of benzene rings is 1. The molecule has 0 bridgehead atoms. The second-order valence-electron chi connectivity index (χ2n) is 5.95. The molecule has 1 amide bonds. The molecule has 0 radical (unpaired) electrons. The number of ether oxygens (including phenoxy) is 1. The molecule has 0 aliphatic rings. The number of carbonyl (C=O) groups excluding carboxylic acids is 2. The van der Waals surface area contributed by atoms with Crippen LogP contribution in [-0.4, -0.2) is 30.0 Å². The molecule has 5 heteroatoms. The minimum absolute atomic E-state index is 0.273.